The number of aliphatic hydroxyl groups is 1. The molecule has 1 N–H and O–H groups in total. The van der Waals surface area contributed by atoms with Crippen LogP contribution in [0.5, 0.6) is 0 Å². The van der Waals surface area contributed by atoms with E-state index in [9.17, 15) is 9.90 Å². The maximum atomic E-state index is 11.1. The lowest BCUT2D eigenvalue weighted by atomic mass is 10.1. The third-order valence-electron chi connectivity index (χ3n) is 1.93. The first kappa shape index (κ1) is 13.3. The van der Waals surface area contributed by atoms with Gasteiger partial charge in [0.25, 0.3) is 0 Å². The molecule has 0 heterocycles. The summed E-state index contributed by atoms with van der Waals surface area (Å²) in [5.41, 5.74) is 0.505. The van der Waals surface area contributed by atoms with E-state index in [0.717, 1.165) is 0 Å². The summed E-state index contributed by atoms with van der Waals surface area (Å²) in [5, 5.41) is 10.6. The number of aliphatic hydroxyl groups excluding tert-OH is 1. The summed E-state index contributed by atoms with van der Waals surface area (Å²) in [4.78, 5) is 11.1. The van der Waals surface area contributed by atoms with E-state index in [1.165, 1.54) is 0 Å². The van der Waals surface area contributed by atoms with Crippen LogP contribution in [0.3, 0.4) is 0 Å². The number of benzene rings is 1. The van der Waals surface area contributed by atoms with E-state index in [-0.39, 0.29) is 6.42 Å². The molecule has 1 aromatic carbocycles. The molecular weight excluding hydrogens is 251 g/mol. The Bertz CT molecular complexity index is 359. The summed E-state index contributed by atoms with van der Waals surface area (Å²) in [6, 6.07) is 4.69. The molecule has 0 amide bonds. The number of rotatable bonds is 4. The molecule has 0 unspecified atom stereocenters. The fraction of sp³-hybridized carbons (Fsp3) is 0.364. The normalized spacial score (nSPS) is 12.2. The first-order valence-electron chi connectivity index (χ1n) is 4.82. The maximum Gasteiger partial charge on any atom is 0.308 e. The monoisotopic (exact) mass is 262 g/mol. The van der Waals surface area contributed by atoms with Crippen LogP contribution in [0.1, 0.15) is 25.0 Å². The van der Waals surface area contributed by atoms with Crippen LogP contribution in [0, 0.1) is 0 Å². The Morgan fingerprint density at radius 3 is 2.44 bits per heavy atom. The van der Waals surface area contributed by atoms with E-state index < -0.39 is 12.1 Å². The second-order valence-electron chi connectivity index (χ2n) is 3.23. The summed E-state index contributed by atoms with van der Waals surface area (Å²) < 4.78 is 4.73. The van der Waals surface area contributed by atoms with E-state index in [2.05, 4.69) is 0 Å². The summed E-state index contributed by atoms with van der Waals surface area (Å²) in [6.07, 6.45) is -1.06. The van der Waals surface area contributed by atoms with Gasteiger partial charge in [-0.25, -0.2) is 0 Å². The molecule has 1 aromatic rings. The maximum absolute atomic E-state index is 11.1. The Kier molecular flexibility index (Phi) is 5.06. The lowest BCUT2D eigenvalue weighted by Crippen LogP contribution is -2.10. The molecule has 0 aliphatic carbocycles. The van der Waals surface area contributed by atoms with Gasteiger partial charge in [0.15, 0.2) is 0 Å². The zero-order chi connectivity index (χ0) is 12.1. The minimum atomic E-state index is -0.949. The minimum absolute atomic E-state index is 0.107. The summed E-state index contributed by atoms with van der Waals surface area (Å²) >= 11 is 11.6. The predicted molar refractivity (Wildman–Crippen MR) is 62.7 cm³/mol. The highest BCUT2D eigenvalue weighted by Crippen LogP contribution is 2.25. The van der Waals surface area contributed by atoms with Gasteiger partial charge in [-0.1, -0.05) is 23.2 Å². The molecule has 0 radical (unpaired) electrons. The van der Waals surface area contributed by atoms with Gasteiger partial charge in [-0.05, 0) is 30.7 Å². The van der Waals surface area contributed by atoms with Crippen molar-refractivity contribution in [2.75, 3.05) is 6.61 Å². The van der Waals surface area contributed by atoms with Crippen LogP contribution in [-0.2, 0) is 9.53 Å². The third kappa shape index (κ3) is 4.00. The molecule has 1 rings (SSSR count). The van der Waals surface area contributed by atoms with E-state index in [4.69, 9.17) is 27.9 Å². The number of esters is 1. The lowest BCUT2D eigenvalue weighted by molar-refractivity contribution is -0.145. The van der Waals surface area contributed by atoms with Crippen LogP contribution in [0.2, 0.25) is 10.0 Å². The van der Waals surface area contributed by atoms with Crippen molar-refractivity contribution >= 4 is 29.2 Å². The molecule has 16 heavy (non-hydrogen) atoms. The van der Waals surface area contributed by atoms with E-state index in [1.807, 2.05) is 0 Å². The van der Waals surface area contributed by atoms with Gasteiger partial charge in [-0.15, -0.1) is 0 Å². The van der Waals surface area contributed by atoms with Crippen LogP contribution in [0.25, 0.3) is 0 Å². The zero-order valence-corrected chi connectivity index (χ0v) is 10.3. The van der Waals surface area contributed by atoms with Crippen molar-refractivity contribution in [3.63, 3.8) is 0 Å². The Labute approximate surface area is 104 Å². The van der Waals surface area contributed by atoms with Gasteiger partial charge in [-0.3, -0.25) is 4.79 Å². The lowest BCUT2D eigenvalue weighted by Gasteiger charge is -2.11. The van der Waals surface area contributed by atoms with Gasteiger partial charge >= 0.3 is 5.97 Å². The number of ether oxygens (including phenoxy) is 1. The Hall–Kier alpha value is -0.770. The fourth-order valence-corrected chi connectivity index (χ4v) is 1.81. The number of halogens is 2. The van der Waals surface area contributed by atoms with Gasteiger partial charge in [0.05, 0.1) is 19.1 Å². The van der Waals surface area contributed by atoms with E-state index in [1.54, 1.807) is 25.1 Å². The second kappa shape index (κ2) is 6.09. The summed E-state index contributed by atoms with van der Waals surface area (Å²) in [7, 11) is 0. The van der Waals surface area contributed by atoms with Crippen molar-refractivity contribution in [3.8, 4) is 0 Å². The second-order valence-corrected chi connectivity index (χ2v) is 4.10. The SMILES string of the molecule is CCOC(=O)C[C@@H](O)c1cc(Cl)cc(Cl)c1. The van der Waals surface area contributed by atoms with Crippen molar-refractivity contribution < 1.29 is 14.6 Å². The number of carbonyl (C=O) groups excluding carboxylic acids is 1. The third-order valence-corrected chi connectivity index (χ3v) is 2.37. The topological polar surface area (TPSA) is 46.5 Å². The largest absolute Gasteiger partial charge is 0.466 e. The Morgan fingerprint density at radius 2 is 1.94 bits per heavy atom. The van der Waals surface area contributed by atoms with Gasteiger partial charge in [0.2, 0.25) is 0 Å². The number of hydrogen-bond acceptors (Lipinski definition) is 3. The smallest absolute Gasteiger partial charge is 0.308 e. The molecule has 0 aromatic heterocycles. The van der Waals surface area contributed by atoms with E-state index in [0.29, 0.717) is 22.2 Å². The summed E-state index contributed by atoms with van der Waals surface area (Å²) in [5.74, 6) is -0.453. The van der Waals surface area contributed by atoms with Crippen LogP contribution in [0.15, 0.2) is 18.2 Å². The predicted octanol–water partition coefficient (Wildman–Crippen LogP) is 2.98. The van der Waals surface area contributed by atoms with Crippen molar-refractivity contribution in [1.29, 1.82) is 0 Å². The number of hydrogen-bond donors (Lipinski definition) is 1. The minimum Gasteiger partial charge on any atom is -0.466 e. The molecule has 0 saturated heterocycles. The van der Waals surface area contributed by atoms with Crippen molar-refractivity contribution in [2.45, 2.75) is 19.4 Å². The molecular formula is C11H12Cl2O3. The quantitative estimate of drug-likeness (QED) is 0.849. The highest BCUT2D eigenvalue weighted by Gasteiger charge is 2.14. The first-order chi connectivity index (χ1) is 7.52. The molecule has 0 bridgehead atoms. The van der Waals surface area contributed by atoms with Crippen molar-refractivity contribution in [1.82, 2.24) is 0 Å². The zero-order valence-electron chi connectivity index (χ0n) is 8.74. The van der Waals surface area contributed by atoms with Crippen LogP contribution in [-0.4, -0.2) is 17.7 Å². The Balaban J connectivity index is 2.72. The first-order valence-corrected chi connectivity index (χ1v) is 5.58. The standard InChI is InChI=1S/C11H12Cl2O3/c1-2-16-11(15)6-10(14)7-3-8(12)5-9(13)4-7/h3-5,10,14H,2,6H2,1H3/t10-/m1/s1. The molecule has 1 atom stereocenters. The van der Waals surface area contributed by atoms with Crippen LogP contribution < -0.4 is 0 Å². The van der Waals surface area contributed by atoms with Crippen molar-refractivity contribution in [2.24, 2.45) is 0 Å². The highest BCUT2D eigenvalue weighted by molar-refractivity contribution is 6.34. The molecule has 88 valence electrons. The van der Waals surface area contributed by atoms with Crippen LogP contribution in [0.4, 0.5) is 0 Å². The Morgan fingerprint density at radius 1 is 1.38 bits per heavy atom. The number of carbonyl (C=O) groups is 1. The van der Waals surface area contributed by atoms with Gasteiger partial charge in [0.1, 0.15) is 0 Å². The van der Waals surface area contributed by atoms with Crippen LogP contribution >= 0.6 is 23.2 Å². The van der Waals surface area contributed by atoms with Gasteiger partial charge in [-0.2, -0.15) is 0 Å². The molecule has 5 heteroatoms. The fourth-order valence-electron chi connectivity index (χ4n) is 1.26. The molecule has 0 fully saturated rings. The average Bonchev–Trinajstić information content (AvgIpc) is 2.16. The van der Waals surface area contributed by atoms with E-state index >= 15 is 0 Å². The average molecular weight is 263 g/mol. The summed E-state index contributed by atoms with van der Waals surface area (Å²) in [6.45, 7) is 2.00. The van der Waals surface area contributed by atoms with Gasteiger partial charge in [0, 0.05) is 10.0 Å². The molecule has 0 aliphatic heterocycles. The molecule has 0 aliphatic rings. The molecule has 3 nitrogen and oxygen atoms in total. The highest BCUT2D eigenvalue weighted by atomic mass is 35.5. The molecule has 0 spiro atoms. The van der Waals surface area contributed by atoms with Crippen molar-refractivity contribution in [3.05, 3.63) is 33.8 Å². The molecule has 0 saturated carbocycles. The van der Waals surface area contributed by atoms with Gasteiger partial charge < -0.3 is 9.84 Å².